The number of hydrogen-bond acceptors (Lipinski definition) is 2. The van der Waals surface area contributed by atoms with E-state index in [1.54, 1.807) is 6.08 Å². The molecule has 2 N–H and O–H groups in total. The van der Waals surface area contributed by atoms with Crippen LogP contribution in [0, 0.1) is 0 Å². The summed E-state index contributed by atoms with van der Waals surface area (Å²) in [5, 5.41) is 17.8. The first-order chi connectivity index (χ1) is 15.0. The Bertz CT molecular complexity index is 1280. The van der Waals surface area contributed by atoms with Gasteiger partial charge >= 0.3 is 5.97 Å². The third-order valence-electron chi connectivity index (χ3n) is 5.19. The molecule has 4 rings (SSSR count). The van der Waals surface area contributed by atoms with Gasteiger partial charge in [-0.1, -0.05) is 61.0 Å². The monoisotopic (exact) mass is 428 g/mol. The molecule has 0 aliphatic heterocycles. The fraction of sp³-hybridized carbons (Fsp3) is 0.0769. The maximum Gasteiger partial charge on any atom is 0.328 e. The molecule has 0 saturated carbocycles. The second-order valence-corrected chi connectivity index (χ2v) is 7.62. The van der Waals surface area contributed by atoms with Gasteiger partial charge in [0.25, 0.3) is 0 Å². The highest BCUT2D eigenvalue weighted by atomic mass is 35.5. The van der Waals surface area contributed by atoms with E-state index in [9.17, 15) is 4.79 Å². The summed E-state index contributed by atoms with van der Waals surface area (Å²) in [5.74, 6) is -0.964. The summed E-state index contributed by atoms with van der Waals surface area (Å²) in [6.07, 6.45) is 5.39. The first kappa shape index (κ1) is 20.6. The van der Waals surface area contributed by atoms with Crippen LogP contribution in [0.4, 0.5) is 0 Å². The van der Waals surface area contributed by atoms with E-state index in [1.165, 1.54) is 5.57 Å². The van der Waals surface area contributed by atoms with Crippen LogP contribution in [-0.2, 0) is 4.79 Å². The van der Waals surface area contributed by atoms with Crippen LogP contribution in [0.1, 0.15) is 35.6 Å². The maximum atomic E-state index is 10.8. The Morgan fingerprint density at radius 2 is 1.68 bits per heavy atom. The second-order valence-electron chi connectivity index (χ2n) is 7.18. The van der Waals surface area contributed by atoms with Gasteiger partial charge in [-0.05, 0) is 70.2 Å². The molecule has 4 nitrogen and oxygen atoms in total. The van der Waals surface area contributed by atoms with Gasteiger partial charge in [0, 0.05) is 16.5 Å². The van der Waals surface area contributed by atoms with Crippen LogP contribution in [0.2, 0.25) is 5.02 Å². The fourth-order valence-corrected chi connectivity index (χ4v) is 3.84. The Morgan fingerprint density at radius 1 is 1.00 bits per heavy atom. The molecular weight excluding hydrogens is 408 g/mol. The summed E-state index contributed by atoms with van der Waals surface area (Å²) < 4.78 is 0. The lowest BCUT2D eigenvalue weighted by Gasteiger charge is -2.17. The number of nitrogens with zero attached hydrogens (tertiary/aromatic N) is 1. The third kappa shape index (κ3) is 4.60. The fourth-order valence-electron chi connectivity index (χ4n) is 3.72. The molecule has 154 valence electrons. The lowest BCUT2D eigenvalue weighted by molar-refractivity contribution is -0.131. The molecule has 0 atom stereocenters. The first-order valence-electron chi connectivity index (χ1n) is 9.99. The molecule has 0 aliphatic rings. The van der Waals surface area contributed by atoms with Gasteiger partial charge in [0.1, 0.15) is 0 Å². The van der Waals surface area contributed by atoms with Crippen molar-refractivity contribution in [1.29, 1.82) is 0 Å². The normalized spacial score (nSPS) is 12.3. The molecule has 0 aliphatic carbocycles. The Hall–Kier alpha value is -3.63. The number of benzene rings is 3. The number of carboxylic acids is 1. The zero-order chi connectivity index (χ0) is 21.8. The van der Waals surface area contributed by atoms with Crippen molar-refractivity contribution in [3.63, 3.8) is 0 Å². The smallest absolute Gasteiger partial charge is 0.328 e. The molecule has 1 aromatic heterocycles. The molecule has 1 heterocycles. The number of hydrogen-bond donors (Lipinski definition) is 2. The lowest BCUT2D eigenvalue weighted by Crippen LogP contribution is -1.95. The number of aromatic amines is 1. The number of halogens is 1. The number of allylic oxidation sites excluding steroid dienone is 1. The van der Waals surface area contributed by atoms with Crippen molar-refractivity contribution >= 4 is 45.7 Å². The summed E-state index contributed by atoms with van der Waals surface area (Å²) in [4.78, 5) is 10.8. The number of rotatable bonds is 6. The number of nitrogens with one attached hydrogen (secondary N) is 1. The van der Waals surface area contributed by atoms with Gasteiger partial charge in [0.15, 0.2) is 0 Å². The highest BCUT2D eigenvalue weighted by molar-refractivity contribution is 6.30. The topological polar surface area (TPSA) is 66.0 Å². The highest BCUT2D eigenvalue weighted by Gasteiger charge is 2.14. The molecule has 0 fully saturated rings. The number of H-pyrrole nitrogens is 1. The molecule has 31 heavy (non-hydrogen) atoms. The molecular formula is C26H21ClN2O2. The van der Waals surface area contributed by atoms with Crippen LogP contribution < -0.4 is 0 Å². The van der Waals surface area contributed by atoms with Crippen LogP contribution in [0.3, 0.4) is 0 Å². The van der Waals surface area contributed by atoms with Crippen molar-refractivity contribution in [2.45, 2.75) is 13.3 Å². The van der Waals surface area contributed by atoms with Crippen molar-refractivity contribution in [3.05, 3.63) is 106 Å². The zero-order valence-corrected chi connectivity index (χ0v) is 17.7. The summed E-state index contributed by atoms with van der Waals surface area (Å²) in [7, 11) is 0. The van der Waals surface area contributed by atoms with Crippen molar-refractivity contribution in [1.82, 2.24) is 10.2 Å². The summed E-state index contributed by atoms with van der Waals surface area (Å²) in [5.41, 5.74) is 7.41. The summed E-state index contributed by atoms with van der Waals surface area (Å²) in [6.45, 7) is 2.14. The van der Waals surface area contributed by atoms with E-state index in [-0.39, 0.29) is 0 Å². The van der Waals surface area contributed by atoms with E-state index in [2.05, 4.69) is 29.3 Å². The van der Waals surface area contributed by atoms with Gasteiger partial charge in [-0.3, -0.25) is 5.10 Å². The molecule has 5 heteroatoms. The van der Waals surface area contributed by atoms with Crippen LogP contribution in [0.25, 0.3) is 28.1 Å². The predicted molar refractivity (Wildman–Crippen MR) is 127 cm³/mol. The van der Waals surface area contributed by atoms with Crippen molar-refractivity contribution in [3.8, 4) is 0 Å². The Morgan fingerprint density at radius 3 is 2.35 bits per heavy atom. The molecule has 0 spiro atoms. The molecule has 3 aromatic carbocycles. The number of fused-ring (bicyclic) bond motifs is 1. The quantitative estimate of drug-likeness (QED) is 0.266. The number of carbonyl (C=O) groups is 1. The number of carboxylic acid groups (broad SMARTS) is 1. The van der Waals surface area contributed by atoms with E-state index >= 15 is 0 Å². The predicted octanol–water partition coefficient (Wildman–Crippen LogP) is 6.68. The molecule has 4 aromatic rings. The Balaban J connectivity index is 1.89. The maximum absolute atomic E-state index is 10.8. The minimum Gasteiger partial charge on any atom is -0.478 e. The van der Waals surface area contributed by atoms with E-state index in [4.69, 9.17) is 16.7 Å². The van der Waals surface area contributed by atoms with Gasteiger partial charge in [-0.25, -0.2) is 4.79 Å². The van der Waals surface area contributed by atoms with Gasteiger partial charge in [-0.2, -0.15) is 5.10 Å². The minimum absolute atomic E-state index is 0.704. The average Bonchev–Trinajstić information content (AvgIpc) is 3.25. The zero-order valence-electron chi connectivity index (χ0n) is 17.0. The standard InChI is InChI=1S/C26H21ClN2O2/c1-2-23(18-8-11-22(27)12-9-18)26(20-10-13-24-21(15-20)16-28-29-24)19-6-3-17(4-7-19)5-14-25(30)31/h3-16H,2H2,1H3,(H,28,29)(H,30,31)/b14-5+,26-23-. The lowest BCUT2D eigenvalue weighted by atomic mass is 9.87. The Kier molecular flexibility index (Phi) is 6.01. The number of aromatic nitrogens is 2. The molecule has 0 radical (unpaired) electrons. The van der Waals surface area contributed by atoms with Gasteiger partial charge in [0.2, 0.25) is 0 Å². The van der Waals surface area contributed by atoms with E-state index in [0.29, 0.717) is 5.02 Å². The van der Waals surface area contributed by atoms with E-state index < -0.39 is 5.97 Å². The summed E-state index contributed by atoms with van der Waals surface area (Å²) in [6, 6.07) is 22.1. The molecule has 0 amide bonds. The number of aliphatic carboxylic acids is 1. The van der Waals surface area contributed by atoms with Gasteiger partial charge < -0.3 is 5.11 Å². The van der Waals surface area contributed by atoms with E-state index in [1.807, 2.05) is 60.8 Å². The largest absolute Gasteiger partial charge is 0.478 e. The minimum atomic E-state index is -0.964. The van der Waals surface area contributed by atoms with Crippen LogP contribution >= 0.6 is 11.6 Å². The van der Waals surface area contributed by atoms with Crippen molar-refractivity contribution in [2.24, 2.45) is 0 Å². The van der Waals surface area contributed by atoms with E-state index in [0.717, 1.165) is 51.2 Å². The van der Waals surface area contributed by atoms with Crippen LogP contribution in [0.5, 0.6) is 0 Å². The van der Waals surface area contributed by atoms with Crippen molar-refractivity contribution < 1.29 is 9.90 Å². The average molecular weight is 429 g/mol. The SMILES string of the molecule is CC/C(=C(\c1ccc(/C=C/C(=O)O)cc1)c1ccc2[nH]ncc2c1)c1ccc(Cl)cc1. The third-order valence-corrected chi connectivity index (χ3v) is 5.45. The molecule has 0 bridgehead atoms. The first-order valence-corrected chi connectivity index (χ1v) is 10.4. The van der Waals surface area contributed by atoms with Crippen LogP contribution in [0.15, 0.2) is 79.0 Å². The van der Waals surface area contributed by atoms with Gasteiger partial charge in [-0.15, -0.1) is 0 Å². The van der Waals surface area contributed by atoms with Crippen molar-refractivity contribution in [2.75, 3.05) is 0 Å². The second kappa shape index (κ2) is 9.02. The van der Waals surface area contributed by atoms with Crippen LogP contribution in [-0.4, -0.2) is 21.3 Å². The summed E-state index contributed by atoms with van der Waals surface area (Å²) >= 11 is 6.12. The van der Waals surface area contributed by atoms with Gasteiger partial charge in [0.05, 0.1) is 11.7 Å². The molecule has 0 unspecified atom stereocenters. The molecule has 0 saturated heterocycles. The highest BCUT2D eigenvalue weighted by Crippen LogP contribution is 2.36. The Labute approximate surface area is 185 Å².